The number of nitrogens with one attached hydrogen (secondary N) is 1. The van der Waals surface area contributed by atoms with Gasteiger partial charge >= 0.3 is 0 Å². The molecule has 1 fully saturated rings. The van der Waals surface area contributed by atoms with Crippen molar-refractivity contribution in [3.8, 4) is 5.75 Å². The molecule has 0 unspecified atom stereocenters. The Balaban J connectivity index is 1.52. The first-order valence-electron chi connectivity index (χ1n) is 10.2. The van der Waals surface area contributed by atoms with Crippen LogP contribution in [-0.2, 0) is 4.79 Å². The van der Waals surface area contributed by atoms with Gasteiger partial charge in [0.15, 0.2) is 0 Å². The predicted molar refractivity (Wildman–Crippen MR) is 114 cm³/mol. The number of anilines is 1. The van der Waals surface area contributed by atoms with Crippen LogP contribution >= 0.6 is 0 Å². The van der Waals surface area contributed by atoms with Gasteiger partial charge in [-0.1, -0.05) is 55.8 Å². The number of para-hydroxylation sites is 2. The van der Waals surface area contributed by atoms with Crippen LogP contribution in [0.15, 0.2) is 54.6 Å². The van der Waals surface area contributed by atoms with Crippen molar-refractivity contribution in [2.24, 2.45) is 0 Å². The number of hydrogen-bond donors (Lipinski definition) is 1. The van der Waals surface area contributed by atoms with E-state index in [1.807, 2.05) is 36.4 Å². The average molecular weight is 382 g/mol. The Bertz CT molecular complexity index is 743. The first kappa shape index (κ1) is 20.2. The number of carbonyl (C=O) groups excluding carboxylic acids is 1. The molecule has 1 aliphatic rings. The minimum absolute atomic E-state index is 0.0913. The van der Waals surface area contributed by atoms with Crippen LogP contribution in [0.3, 0.4) is 0 Å². The van der Waals surface area contributed by atoms with E-state index in [-0.39, 0.29) is 11.9 Å². The molecule has 0 aliphatic carbocycles. The third kappa shape index (κ3) is 5.26. The predicted octanol–water partition coefficient (Wildman–Crippen LogP) is 3.47. The Hall–Kier alpha value is -2.53. The van der Waals surface area contributed by atoms with Crippen molar-refractivity contribution in [1.29, 1.82) is 0 Å². The van der Waals surface area contributed by atoms with E-state index in [1.165, 1.54) is 5.56 Å². The molecule has 28 heavy (non-hydrogen) atoms. The summed E-state index contributed by atoms with van der Waals surface area (Å²) in [6.07, 6.45) is 1.99. The van der Waals surface area contributed by atoms with Gasteiger partial charge in [0.05, 0.1) is 25.4 Å². The van der Waals surface area contributed by atoms with E-state index >= 15 is 0 Å². The number of amides is 1. The molecule has 1 aliphatic heterocycles. The van der Waals surface area contributed by atoms with Crippen molar-refractivity contribution < 1.29 is 9.53 Å². The third-order valence-corrected chi connectivity index (χ3v) is 5.28. The lowest BCUT2D eigenvalue weighted by Gasteiger charge is -2.36. The van der Waals surface area contributed by atoms with Crippen molar-refractivity contribution in [2.75, 3.05) is 44.7 Å². The molecule has 1 N–H and O–H groups in total. The van der Waals surface area contributed by atoms with E-state index in [4.69, 9.17) is 4.74 Å². The van der Waals surface area contributed by atoms with Crippen molar-refractivity contribution in [3.63, 3.8) is 0 Å². The third-order valence-electron chi connectivity index (χ3n) is 5.28. The van der Waals surface area contributed by atoms with Gasteiger partial charge in [0.1, 0.15) is 5.75 Å². The molecule has 1 atom stereocenters. The number of carbonyl (C=O) groups is 1. The van der Waals surface area contributed by atoms with E-state index in [9.17, 15) is 4.79 Å². The number of methoxy groups -OCH3 is 1. The molecule has 0 saturated carbocycles. The highest BCUT2D eigenvalue weighted by Gasteiger charge is 2.22. The second kappa shape index (κ2) is 10.1. The van der Waals surface area contributed by atoms with Gasteiger partial charge in [-0.25, -0.2) is 0 Å². The lowest BCUT2D eigenvalue weighted by atomic mass is 10.0. The Morgan fingerprint density at radius 1 is 1.04 bits per heavy atom. The van der Waals surface area contributed by atoms with Crippen LogP contribution in [0.25, 0.3) is 0 Å². The summed E-state index contributed by atoms with van der Waals surface area (Å²) in [5.41, 5.74) is 2.31. The van der Waals surface area contributed by atoms with Gasteiger partial charge in [-0.3, -0.25) is 9.69 Å². The molecule has 3 rings (SSSR count). The Morgan fingerprint density at radius 2 is 1.71 bits per heavy atom. The summed E-state index contributed by atoms with van der Waals surface area (Å²) in [5.74, 6) is 1.01. The molecule has 2 aromatic carbocycles. The van der Waals surface area contributed by atoms with E-state index < -0.39 is 0 Å². The molecule has 5 nitrogen and oxygen atoms in total. The van der Waals surface area contributed by atoms with Crippen molar-refractivity contribution in [1.82, 2.24) is 10.2 Å². The smallest absolute Gasteiger partial charge is 0.234 e. The molecule has 0 bridgehead atoms. The molecule has 0 spiro atoms. The SMILES string of the molecule is CCC[C@@H](NC(=O)CN1CCN(c2ccccc2OC)CC1)c1ccccc1. The van der Waals surface area contributed by atoms with Crippen LogP contribution in [0.1, 0.15) is 31.4 Å². The molecule has 0 aromatic heterocycles. The Kier molecular flexibility index (Phi) is 7.31. The van der Waals surface area contributed by atoms with E-state index in [0.29, 0.717) is 6.54 Å². The summed E-state index contributed by atoms with van der Waals surface area (Å²) < 4.78 is 5.48. The molecule has 150 valence electrons. The summed E-state index contributed by atoms with van der Waals surface area (Å²) in [6, 6.07) is 18.5. The maximum absolute atomic E-state index is 12.6. The fraction of sp³-hybridized carbons (Fsp3) is 0.435. The average Bonchev–Trinajstić information content (AvgIpc) is 2.74. The van der Waals surface area contributed by atoms with Gasteiger partial charge in [0.25, 0.3) is 0 Å². The first-order chi connectivity index (χ1) is 13.7. The zero-order chi connectivity index (χ0) is 19.8. The van der Waals surface area contributed by atoms with Crippen LogP contribution in [-0.4, -0.2) is 50.6 Å². The molecule has 0 radical (unpaired) electrons. The highest BCUT2D eigenvalue weighted by Crippen LogP contribution is 2.28. The summed E-state index contributed by atoms with van der Waals surface area (Å²) in [7, 11) is 1.71. The molecule has 2 aromatic rings. The standard InChI is InChI=1S/C23H31N3O2/c1-3-9-20(19-10-5-4-6-11-19)24-23(27)18-25-14-16-26(17-15-25)21-12-7-8-13-22(21)28-2/h4-8,10-13,20H,3,9,14-18H2,1-2H3,(H,24,27)/t20-/m1/s1. The summed E-state index contributed by atoms with van der Waals surface area (Å²) >= 11 is 0. The van der Waals surface area contributed by atoms with Crippen molar-refractivity contribution >= 4 is 11.6 Å². The minimum atomic E-state index is 0.0913. The van der Waals surface area contributed by atoms with Crippen molar-refractivity contribution in [3.05, 3.63) is 60.2 Å². The molecule has 5 heteroatoms. The van der Waals surface area contributed by atoms with Gasteiger partial charge in [0, 0.05) is 26.2 Å². The lowest BCUT2D eigenvalue weighted by Crippen LogP contribution is -2.49. The van der Waals surface area contributed by atoms with Crippen LogP contribution in [0, 0.1) is 0 Å². The molecule has 1 saturated heterocycles. The number of benzene rings is 2. The zero-order valence-corrected chi connectivity index (χ0v) is 16.9. The Morgan fingerprint density at radius 3 is 2.39 bits per heavy atom. The van der Waals surface area contributed by atoms with Crippen LogP contribution in [0.2, 0.25) is 0 Å². The minimum Gasteiger partial charge on any atom is -0.495 e. The fourth-order valence-corrected chi connectivity index (χ4v) is 3.78. The summed E-state index contributed by atoms with van der Waals surface area (Å²) in [6.45, 7) is 6.13. The Labute approximate surface area is 168 Å². The largest absolute Gasteiger partial charge is 0.495 e. The number of hydrogen-bond acceptors (Lipinski definition) is 4. The maximum atomic E-state index is 12.6. The normalized spacial score (nSPS) is 15.9. The van der Waals surface area contributed by atoms with Crippen molar-refractivity contribution in [2.45, 2.75) is 25.8 Å². The van der Waals surface area contributed by atoms with Crippen LogP contribution < -0.4 is 15.0 Å². The molecular weight excluding hydrogens is 350 g/mol. The monoisotopic (exact) mass is 381 g/mol. The van der Waals surface area contributed by atoms with Gasteiger partial charge in [0.2, 0.25) is 5.91 Å². The summed E-state index contributed by atoms with van der Waals surface area (Å²) in [5, 5.41) is 3.23. The quantitative estimate of drug-likeness (QED) is 0.760. The zero-order valence-electron chi connectivity index (χ0n) is 16.9. The second-order valence-electron chi connectivity index (χ2n) is 7.25. The van der Waals surface area contributed by atoms with E-state index in [2.05, 4.69) is 40.2 Å². The van der Waals surface area contributed by atoms with Crippen LogP contribution in [0.4, 0.5) is 5.69 Å². The number of nitrogens with zero attached hydrogens (tertiary/aromatic N) is 2. The lowest BCUT2D eigenvalue weighted by molar-refractivity contribution is -0.123. The van der Waals surface area contributed by atoms with Gasteiger partial charge < -0.3 is 15.0 Å². The fourth-order valence-electron chi connectivity index (χ4n) is 3.78. The molecular formula is C23H31N3O2. The number of piperazine rings is 1. The molecule has 1 heterocycles. The summed E-state index contributed by atoms with van der Waals surface area (Å²) in [4.78, 5) is 17.2. The van der Waals surface area contributed by atoms with E-state index in [1.54, 1.807) is 7.11 Å². The topological polar surface area (TPSA) is 44.8 Å². The highest BCUT2D eigenvalue weighted by molar-refractivity contribution is 5.78. The molecule has 1 amide bonds. The second-order valence-corrected chi connectivity index (χ2v) is 7.25. The highest BCUT2D eigenvalue weighted by atomic mass is 16.5. The number of ether oxygens (including phenoxy) is 1. The van der Waals surface area contributed by atoms with E-state index in [0.717, 1.165) is 50.5 Å². The van der Waals surface area contributed by atoms with Gasteiger partial charge in [-0.2, -0.15) is 0 Å². The first-order valence-corrected chi connectivity index (χ1v) is 10.2. The van der Waals surface area contributed by atoms with Gasteiger partial charge in [-0.05, 0) is 24.1 Å². The maximum Gasteiger partial charge on any atom is 0.234 e. The van der Waals surface area contributed by atoms with Crippen LogP contribution in [0.5, 0.6) is 5.75 Å². The number of rotatable bonds is 8. The van der Waals surface area contributed by atoms with Gasteiger partial charge in [-0.15, -0.1) is 0 Å².